The van der Waals surface area contributed by atoms with Gasteiger partial charge in [-0.15, -0.1) is 0 Å². The Labute approximate surface area is 205 Å². The van der Waals surface area contributed by atoms with Crippen LogP contribution in [0, 0.1) is 0 Å². The third-order valence-corrected chi connectivity index (χ3v) is 6.14. The molecule has 4 heteroatoms. The van der Waals surface area contributed by atoms with Gasteiger partial charge in [-0.2, -0.15) is 0 Å². The minimum Gasteiger partial charge on any atom is -0.508 e. The lowest BCUT2D eigenvalue weighted by Gasteiger charge is -2.15. The van der Waals surface area contributed by atoms with Crippen LogP contribution in [0.15, 0.2) is 115 Å². The highest BCUT2D eigenvalue weighted by Gasteiger charge is 2.12. The second kappa shape index (κ2) is 10.2. The highest BCUT2D eigenvalue weighted by atomic mass is 16.5. The first-order valence-electron chi connectivity index (χ1n) is 11.7. The number of benzene rings is 4. The molecule has 4 aromatic carbocycles. The van der Waals surface area contributed by atoms with Crippen molar-refractivity contribution in [1.29, 1.82) is 0 Å². The molecule has 0 aromatic heterocycles. The van der Waals surface area contributed by atoms with Crippen LogP contribution >= 0.6 is 0 Å². The van der Waals surface area contributed by atoms with E-state index >= 15 is 0 Å². The fourth-order valence-corrected chi connectivity index (χ4v) is 4.33. The van der Waals surface area contributed by atoms with Gasteiger partial charge >= 0.3 is 0 Å². The number of hydrogen-bond acceptors (Lipinski definition) is 4. The molecule has 0 radical (unpaired) electrons. The van der Waals surface area contributed by atoms with Gasteiger partial charge in [0.15, 0.2) is 0 Å². The van der Waals surface area contributed by atoms with E-state index in [2.05, 4.69) is 29.6 Å². The summed E-state index contributed by atoms with van der Waals surface area (Å²) >= 11 is 0. The Morgan fingerprint density at radius 2 is 1.57 bits per heavy atom. The second-order valence-electron chi connectivity index (χ2n) is 8.57. The molecule has 0 unspecified atom stereocenters. The van der Waals surface area contributed by atoms with Crippen molar-refractivity contribution in [2.24, 2.45) is 0 Å². The van der Waals surface area contributed by atoms with Crippen molar-refractivity contribution < 1.29 is 14.9 Å². The summed E-state index contributed by atoms with van der Waals surface area (Å²) in [6.07, 6.45) is 11.5. The predicted octanol–water partition coefficient (Wildman–Crippen LogP) is 6.83. The maximum absolute atomic E-state index is 9.97. The zero-order valence-corrected chi connectivity index (χ0v) is 19.3. The lowest BCUT2D eigenvalue weighted by Crippen LogP contribution is -2.01. The molecule has 4 aromatic rings. The molecule has 1 heterocycles. The van der Waals surface area contributed by atoms with Gasteiger partial charge in [-0.3, -0.25) is 0 Å². The van der Waals surface area contributed by atoms with Gasteiger partial charge in [0.2, 0.25) is 0 Å². The minimum absolute atomic E-state index is 0.246. The SMILES string of the molecule is Oc1ccc(-c2ccc3cc(O)ccc3c2Cc2ccc(OCCC3=CNC=CC=C3)cc2)cc1. The van der Waals surface area contributed by atoms with E-state index in [9.17, 15) is 10.2 Å². The number of hydrogen-bond donors (Lipinski definition) is 3. The molecule has 0 spiro atoms. The Balaban J connectivity index is 1.37. The van der Waals surface area contributed by atoms with Crippen LogP contribution in [0.5, 0.6) is 17.2 Å². The van der Waals surface area contributed by atoms with Crippen LogP contribution in [0.3, 0.4) is 0 Å². The fourth-order valence-electron chi connectivity index (χ4n) is 4.33. The molecule has 0 atom stereocenters. The topological polar surface area (TPSA) is 61.7 Å². The highest BCUT2D eigenvalue weighted by molar-refractivity contribution is 5.93. The molecule has 35 heavy (non-hydrogen) atoms. The first kappa shape index (κ1) is 22.4. The van der Waals surface area contributed by atoms with Crippen molar-refractivity contribution >= 4 is 10.8 Å². The van der Waals surface area contributed by atoms with Gasteiger partial charge in [-0.05, 0) is 87.5 Å². The summed E-state index contributed by atoms with van der Waals surface area (Å²) in [7, 11) is 0. The van der Waals surface area contributed by atoms with Crippen LogP contribution in [0.25, 0.3) is 21.9 Å². The predicted molar refractivity (Wildman–Crippen MR) is 142 cm³/mol. The van der Waals surface area contributed by atoms with Crippen LogP contribution in [0.4, 0.5) is 0 Å². The molecule has 0 fully saturated rings. The van der Waals surface area contributed by atoms with Crippen LogP contribution < -0.4 is 10.1 Å². The van der Waals surface area contributed by atoms with Crippen molar-refractivity contribution in [1.82, 2.24) is 5.32 Å². The van der Waals surface area contributed by atoms with E-state index in [1.54, 1.807) is 24.3 Å². The largest absolute Gasteiger partial charge is 0.508 e. The van der Waals surface area contributed by atoms with E-state index in [0.717, 1.165) is 40.5 Å². The molecule has 0 bridgehead atoms. The zero-order chi connectivity index (χ0) is 24.0. The first-order valence-corrected chi connectivity index (χ1v) is 11.7. The van der Waals surface area contributed by atoms with Crippen molar-refractivity contribution in [2.75, 3.05) is 6.61 Å². The average molecular weight is 462 g/mol. The van der Waals surface area contributed by atoms with E-state index in [-0.39, 0.29) is 11.5 Å². The molecular weight excluding hydrogens is 434 g/mol. The molecule has 5 rings (SSSR count). The van der Waals surface area contributed by atoms with Crippen LogP contribution in [0.1, 0.15) is 17.5 Å². The Bertz CT molecular complexity index is 1410. The number of phenolic OH excluding ortho intramolecular Hbond substituents is 2. The van der Waals surface area contributed by atoms with E-state index in [1.807, 2.05) is 61.0 Å². The summed E-state index contributed by atoms with van der Waals surface area (Å²) in [6.45, 7) is 0.606. The van der Waals surface area contributed by atoms with Crippen LogP contribution in [-0.2, 0) is 6.42 Å². The quantitative estimate of drug-likeness (QED) is 0.282. The first-order chi connectivity index (χ1) is 17.2. The molecule has 174 valence electrons. The number of fused-ring (bicyclic) bond motifs is 1. The van der Waals surface area contributed by atoms with Gasteiger partial charge in [0.05, 0.1) is 6.61 Å². The number of aromatic hydroxyl groups is 2. The maximum Gasteiger partial charge on any atom is 0.119 e. The molecule has 0 saturated carbocycles. The molecule has 0 aliphatic carbocycles. The lowest BCUT2D eigenvalue weighted by molar-refractivity contribution is 0.322. The monoisotopic (exact) mass is 461 g/mol. The summed E-state index contributed by atoms with van der Waals surface area (Å²) in [5.41, 5.74) is 5.68. The summed E-state index contributed by atoms with van der Waals surface area (Å²) in [5.74, 6) is 1.35. The Morgan fingerprint density at radius 3 is 2.40 bits per heavy atom. The van der Waals surface area contributed by atoms with Crippen LogP contribution in [-0.4, -0.2) is 16.8 Å². The third-order valence-electron chi connectivity index (χ3n) is 6.14. The van der Waals surface area contributed by atoms with E-state index in [4.69, 9.17) is 4.74 Å². The maximum atomic E-state index is 9.97. The molecule has 1 aliphatic heterocycles. The van der Waals surface area contributed by atoms with Crippen molar-refractivity contribution in [3.05, 3.63) is 126 Å². The van der Waals surface area contributed by atoms with Crippen molar-refractivity contribution in [3.63, 3.8) is 0 Å². The number of rotatable bonds is 7. The second-order valence-corrected chi connectivity index (χ2v) is 8.57. The molecule has 3 N–H and O–H groups in total. The summed E-state index contributed by atoms with van der Waals surface area (Å²) in [4.78, 5) is 0. The molecule has 0 saturated heterocycles. The van der Waals surface area contributed by atoms with Gasteiger partial charge in [-0.1, -0.05) is 54.6 Å². The summed E-state index contributed by atoms with van der Waals surface area (Å²) in [6, 6.07) is 25.1. The van der Waals surface area contributed by atoms with Crippen molar-refractivity contribution in [2.45, 2.75) is 12.8 Å². The number of ether oxygens (including phenoxy) is 1. The van der Waals surface area contributed by atoms with E-state index in [1.165, 1.54) is 16.7 Å². The Kier molecular flexibility index (Phi) is 6.53. The van der Waals surface area contributed by atoms with E-state index in [0.29, 0.717) is 6.61 Å². The van der Waals surface area contributed by atoms with Gasteiger partial charge in [0, 0.05) is 18.8 Å². The van der Waals surface area contributed by atoms with Crippen LogP contribution in [0.2, 0.25) is 0 Å². The molecular formula is C31H27NO3. The summed E-state index contributed by atoms with van der Waals surface area (Å²) in [5, 5.41) is 24.9. The Hall–Kier alpha value is -4.44. The zero-order valence-electron chi connectivity index (χ0n) is 19.3. The third kappa shape index (κ3) is 5.39. The number of phenols is 2. The molecule has 4 nitrogen and oxygen atoms in total. The van der Waals surface area contributed by atoms with E-state index < -0.39 is 0 Å². The number of nitrogens with one attached hydrogen (secondary N) is 1. The molecule has 0 amide bonds. The average Bonchev–Trinajstić information content (AvgIpc) is 3.15. The van der Waals surface area contributed by atoms with Gasteiger partial charge in [0.25, 0.3) is 0 Å². The Morgan fingerprint density at radius 1 is 0.771 bits per heavy atom. The lowest BCUT2D eigenvalue weighted by atomic mass is 9.90. The smallest absolute Gasteiger partial charge is 0.119 e. The van der Waals surface area contributed by atoms with Crippen molar-refractivity contribution in [3.8, 4) is 28.4 Å². The minimum atomic E-state index is 0.246. The fraction of sp³-hybridized carbons (Fsp3) is 0.0968. The van der Waals surface area contributed by atoms with Gasteiger partial charge in [-0.25, -0.2) is 0 Å². The number of allylic oxidation sites excluding steroid dienone is 3. The standard InChI is InChI=1S/C31H27NO3/c33-26-9-6-24(7-10-26)29-14-8-25-20-27(34)11-15-30(25)31(29)19-22-4-12-28(13-5-22)35-18-16-23-3-1-2-17-32-21-23/h1-15,17,20-21,32-34H,16,18-19H2. The normalized spacial score (nSPS) is 12.7. The van der Waals surface area contributed by atoms with Gasteiger partial charge < -0.3 is 20.3 Å². The highest BCUT2D eigenvalue weighted by Crippen LogP contribution is 2.34. The molecule has 1 aliphatic rings. The summed E-state index contributed by atoms with van der Waals surface area (Å²) < 4.78 is 5.97. The van der Waals surface area contributed by atoms with Gasteiger partial charge in [0.1, 0.15) is 17.2 Å².